The van der Waals surface area contributed by atoms with Gasteiger partial charge in [0.25, 0.3) is 0 Å². The first kappa shape index (κ1) is 16.8. The second-order valence-electron chi connectivity index (χ2n) is 6.84. The molecule has 1 aromatic carbocycles. The van der Waals surface area contributed by atoms with Crippen molar-refractivity contribution in [2.24, 2.45) is 5.92 Å². The summed E-state index contributed by atoms with van der Waals surface area (Å²) in [6.07, 6.45) is 4.79. The third-order valence-corrected chi connectivity index (χ3v) is 5.86. The Labute approximate surface area is 156 Å². The first-order valence-corrected chi connectivity index (χ1v) is 9.95. The maximum Gasteiger partial charge on any atom is 0.223 e. The minimum absolute atomic E-state index is 0.151. The van der Waals surface area contributed by atoms with E-state index in [0.29, 0.717) is 12.5 Å². The predicted molar refractivity (Wildman–Crippen MR) is 100 cm³/mol. The number of rotatable bonds is 5. The van der Waals surface area contributed by atoms with Crippen molar-refractivity contribution < 1.29 is 4.79 Å². The summed E-state index contributed by atoms with van der Waals surface area (Å²) < 4.78 is 4.49. The highest BCUT2D eigenvalue weighted by atomic mass is 35.5. The lowest BCUT2D eigenvalue weighted by Gasteiger charge is -2.30. The zero-order valence-corrected chi connectivity index (χ0v) is 15.5. The van der Waals surface area contributed by atoms with Gasteiger partial charge in [-0.1, -0.05) is 23.7 Å². The van der Waals surface area contributed by atoms with E-state index in [1.54, 1.807) is 0 Å². The summed E-state index contributed by atoms with van der Waals surface area (Å²) in [4.78, 5) is 19.1. The number of amides is 1. The zero-order valence-electron chi connectivity index (χ0n) is 13.9. The second-order valence-corrected chi connectivity index (χ2v) is 8.01. The maximum absolute atomic E-state index is 12.2. The molecule has 1 amide bonds. The van der Waals surface area contributed by atoms with Gasteiger partial charge in [0.1, 0.15) is 5.82 Å². The van der Waals surface area contributed by atoms with Crippen molar-refractivity contribution in [1.29, 1.82) is 0 Å². The van der Waals surface area contributed by atoms with E-state index in [4.69, 9.17) is 11.6 Å². The van der Waals surface area contributed by atoms with Gasteiger partial charge in [-0.2, -0.15) is 4.37 Å². The normalized spacial score (nSPS) is 18.4. The molecule has 0 atom stereocenters. The van der Waals surface area contributed by atoms with E-state index in [2.05, 4.69) is 19.6 Å². The number of piperidine rings is 1. The molecular formula is C18H21ClN4OS. The van der Waals surface area contributed by atoms with E-state index in [1.807, 2.05) is 24.3 Å². The molecule has 132 valence electrons. The van der Waals surface area contributed by atoms with Gasteiger partial charge in [-0.15, -0.1) is 0 Å². The van der Waals surface area contributed by atoms with Gasteiger partial charge in [-0.25, -0.2) is 4.98 Å². The maximum atomic E-state index is 12.2. The summed E-state index contributed by atoms with van der Waals surface area (Å²) in [6, 6.07) is 8.24. The Bertz CT molecular complexity index is 736. The van der Waals surface area contributed by atoms with Crippen LogP contribution in [-0.4, -0.2) is 34.4 Å². The molecule has 0 bridgehead atoms. The van der Waals surface area contributed by atoms with E-state index in [0.717, 1.165) is 60.3 Å². The van der Waals surface area contributed by atoms with Crippen LogP contribution in [0.1, 0.15) is 37.1 Å². The molecule has 2 aliphatic rings. The number of nitrogens with one attached hydrogen (secondary N) is 1. The molecule has 1 N–H and O–H groups in total. The van der Waals surface area contributed by atoms with Crippen LogP contribution < -0.4 is 10.2 Å². The molecule has 4 rings (SSSR count). The first-order chi connectivity index (χ1) is 12.2. The fourth-order valence-electron chi connectivity index (χ4n) is 3.11. The molecule has 2 aromatic rings. The van der Waals surface area contributed by atoms with Gasteiger partial charge in [0.05, 0.1) is 0 Å². The van der Waals surface area contributed by atoms with Crippen LogP contribution in [0.4, 0.5) is 5.13 Å². The van der Waals surface area contributed by atoms with Gasteiger partial charge in [-0.3, -0.25) is 4.79 Å². The highest BCUT2D eigenvalue weighted by Crippen LogP contribution is 2.27. The van der Waals surface area contributed by atoms with Crippen molar-refractivity contribution in [2.45, 2.75) is 38.1 Å². The highest BCUT2D eigenvalue weighted by Gasteiger charge is 2.30. The zero-order chi connectivity index (χ0) is 17.2. The van der Waals surface area contributed by atoms with Gasteiger partial charge < -0.3 is 10.2 Å². The Morgan fingerprint density at radius 1 is 1.20 bits per heavy atom. The van der Waals surface area contributed by atoms with Crippen LogP contribution in [0.2, 0.25) is 5.02 Å². The summed E-state index contributed by atoms with van der Waals surface area (Å²) >= 11 is 7.37. The topological polar surface area (TPSA) is 58.1 Å². The van der Waals surface area contributed by atoms with Gasteiger partial charge in [0.15, 0.2) is 0 Å². The average molecular weight is 377 g/mol. The molecule has 25 heavy (non-hydrogen) atoms. The van der Waals surface area contributed by atoms with Crippen molar-refractivity contribution in [2.75, 3.05) is 18.0 Å². The number of halogens is 1. The number of benzene rings is 1. The SMILES string of the molecule is O=C(NC1CC1)C1CCN(c2nc(Cc3ccc(Cl)cc3)ns2)CC1. The minimum Gasteiger partial charge on any atom is -0.353 e. The summed E-state index contributed by atoms with van der Waals surface area (Å²) in [7, 11) is 0. The first-order valence-electron chi connectivity index (χ1n) is 8.80. The number of carbonyl (C=O) groups excluding carboxylic acids is 1. The smallest absolute Gasteiger partial charge is 0.223 e. The van der Waals surface area contributed by atoms with E-state index in [9.17, 15) is 4.79 Å². The van der Waals surface area contributed by atoms with Crippen molar-refractivity contribution in [3.8, 4) is 0 Å². The fourth-order valence-corrected chi connectivity index (χ4v) is 3.97. The Balaban J connectivity index is 1.31. The Morgan fingerprint density at radius 3 is 2.60 bits per heavy atom. The van der Waals surface area contributed by atoms with Crippen LogP contribution in [-0.2, 0) is 11.2 Å². The molecule has 1 aromatic heterocycles. The van der Waals surface area contributed by atoms with Crippen LogP contribution in [0.3, 0.4) is 0 Å². The lowest BCUT2D eigenvalue weighted by molar-refractivity contribution is -0.125. The van der Waals surface area contributed by atoms with Crippen molar-refractivity contribution in [3.05, 3.63) is 40.7 Å². The number of aromatic nitrogens is 2. The molecule has 0 radical (unpaired) electrons. The minimum atomic E-state index is 0.151. The summed E-state index contributed by atoms with van der Waals surface area (Å²) in [5.74, 6) is 1.23. The standard InChI is InChI=1S/C18H21ClN4OS/c19-14-3-1-12(2-4-14)11-16-21-18(25-22-16)23-9-7-13(8-10-23)17(24)20-15-5-6-15/h1-4,13,15H,5-11H2,(H,20,24). The van der Waals surface area contributed by atoms with Gasteiger partial charge in [0, 0.05) is 48.0 Å². The molecule has 1 aliphatic carbocycles. The van der Waals surface area contributed by atoms with Crippen molar-refractivity contribution >= 4 is 34.2 Å². The quantitative estimate of drug-likeness (QED) is 0.870. The van der Waals surface area contributed by atoms with Gasteiger partial charge in [0.2, 0.25) is 11.0 Å². The van der Waals surface area contributed by atoms with E-state index < -0.39 is 0 Å². The highest BCUT2D eigenvalue weighted by molar-refractivity contribution is 7.09. The molecule has 7 heteroatoms. The molecule has 5 nitrogen and oxygen atoms in total. The van der Waals surface area contributed by atoms with Gasteiger partial charge in [-0.05, 0) is 43.4 Å². The van der Waals surface area contributed by atoms with Crippen LogP contribution in [0, 0.1) is 5.92 Å². The molecule has 2 heterocycles. The third-order valence-electron chi connectivity index (χ3n) is 4.79. The molecule has 1 saturated carbocycles. The fraction of sp³-hybridized carbons (Fsp3) is 0.500. The lowest BCUT2D eigenvalue weighted by atomic mass is 9.96. The Kier molecular flexibility index (Phi) is 4.90. The van der Waals surface area contributed by atoms with Crippen molar-refractivity contribution in [1.82, 2.24) is 14.7 Å². The molecular weight excluding hydrogens is 356 g/mol. The van der Waals surface area contributed by atoms with E-state index in [-0.39, 0.29) is 11.8 Å². The Morgan fingerprint density at radius 2 is 1.92 bits per heavy atom. The van der Waals surface area contributed by atoms with E-state index in [1.165, 1.54) is 11.5 Å². The Hall–Kier alpha value is -1.66. The molecule has 2 fully saturated rings. The van der Waals surface area contributed by atoms with Crippen LogP contribution in [0.15, 0.2) is 24.3 Å². The average Bonchev–Trinajstić information content (AvgIpc) is 3.32. The third kappa shape index (κ3) is 4.30. The lowest BCUT2D eigenvalue weighted by Crippen LogP contribution is -2.41. The number of hydrogen-bond donors (Lipinski definition) is 1. The van der Waals surface area contributed by atoms with Crippen LogP contribution >= 0.6 is 23.1 Å². The van der Waals surface area contributed by atoms with Crippen LogP contribution in [0.25, 0.3) is 0 Å². The molecule has 1 aliphatic heterocycles. The largest absolute Gasteiger partial charge is 0.353 e. The number of carbonyl (C=O) groups is 1. The summed E-state index contributed by atoms with van der Waals surface area (Å²) in [5.41, 5.74) is 1.16. The molecule has 1 saturated heterocycles. The monoisotopic (exact) mass is 376 g/mol. The molecule has 0 unspecified atom stereocenters. The number of nitrogens with zero attached hydrogens (tertiary/aromatic N) is 3. The number of hydrogen-bond acceptors (Lipinski definition) is 5. The van der Waals surface area contributed by atoms with Crippen molar-refractivity contribution in [3.63, 3.8) is 0 Å². The number of anilines is 1. The summed E-state index contributed by atoms with van der Waals surface area (Å²) in [6.45, 7) is 1.75. The summed E-state index contributed by atoms with van der Waals surface area (Å²) in [5, 5.41) is 4.82. The molecule has 0 spiro atoms. The van der Waals surface area contributed by atoms with E-state index >= 15 is 0 Å². The van der Waals surface area contributed by atoms with Gasteiger partial charge >= 0.3 is 0 Å². The second kappa shape index (κ2) is 7.30. The predicted octanol–water partition coefficient (Wildman–Crippen LogP) is 3.28. The van der Waals surface area contributed by atoms with Crippen LogP contribution in [0.5, 0.6) is 0 Å².